The number of halogens is 1. The number of benzene rings is 1. The molecular weight excluding hydrogens is 294 g/mol. The van der Waals surface area contributed by atoms with Crippen LogP contribution in [0, 0.1) is 0 Å². The molecule has 0 spiro atoms. The molecule has 6 nitrogen and oxygen atoms in total. The molecule has 0 atom stereocenters. The molecule has 1 amide bonds. The quantitative estimate of drug-likeness (QED) is 0.859. The number of carbonyl (C=O) groups is 1. The Morgan fingerprint density at radius 2 is 2.33 bits per heavy atom. The Balaban J connectivity index is 1.55. The van der Waals surface area contributed by atoms with Gasteiger partial charge in [-0.1, -0.05) is 11.6 Å². The van der Waals surface area contributed by atoms with Crippen LogP contribution in [0.25, 0.3) is 0 Å². The van der Waals surface area contributed by atoms with Crippen molar-refractivity contribution in [2.75, 3.05) is 13.3 Å². The van der Waals surface area contributed by atoms with Crippen molar-refractivity contribution >= 4 is 17.5 Å². The summed E-state index contributed by atoms with van der Waals surface area (Å²) in [6.07, 6.45) is 6.19. The molecule has 0 unspecified atom stereocenters. The molecule has 0 fully saturated rings. The first-order chi connectivity index (χ1) is 10.2. The summed E-state index contributed by atoms with van der Waals surface area (Å²) >= 11 is 6.05. The van der Waals surface area contributed by atoms with Gasteiger partial charge in [0.1, 0.15) is 0 Å². The molecule has 1 aromatic heterocycles. The van der Waals surface area contributed by atoms with Gasteiger partial charge in [-0.25, -0.2) is 4.98 Å². The first kappa shape index (κ1) is 13.8. The zero-order valence-corrected chi connectivity index (χ0v) is 12.0. The van der Waals surface area contributed by atoms with Crippen LogP contribution in [0.3, 0.4) is 0 Å². The van der Waals surface area contributed by atoms with Crippen molar-refractivity contribution in [1.82, 2.24) is 14.9 Å². The third-order valence-corrected chi connectivity index (χ3v) is 3.41. The number of fused-ring (bicyclic) bond motifs is 1. The van der Waals surface area contributed by atoms with Gasteiger partial charge >= 0.3 is 0 Å². The van der Waals surface area contributed by atoms with Crippen LogP contribution in [0.4, 0.5) is 0 Å². The van der Waals surface area contributed by atoms with Crippen LogP contribution in [0.15, 0.2) is 30.9 Å². The molecule has 1 aliphatic rings. The average molecular weight is 308 g/mol. The second-order valence-corrected chi connectivity index (χ2v) is 5.01. The van der Waals surface area contributed by atoms with E-state index in [-0.39, 0.29) is 12.7 Å². The highest BCUT2D eigenvalue weighted by Crippen LogP contribution is 2.39. The zero-order chi connectivity index (χ0) is 14.7. The second kappa shape index (κ2) is 6.05. The van der Waals surface area contributed by atoms with Gasteiger partial charge in [0.15, 0.2) is 11.5 Å². The maximum absolute atomic E-state index is 12.1. The van der Waals surface area contributed by atoms with Gasteiger partial charge < -0.3 is 19.4 Å². The molecule has 0 bridgehead atoms. The minimum Gasteiger partial charge on any atom is -0.454 e. The smallest absolute Gasteiger partial charge is 0.251 e. The zero-order valence-electron chi connectivity index (χ0n) is 11.2. The molecule has 2 aromatic rings. The minimum atomic E-state index is -0.180. The first-order valence-electron chi connectivity index (χ1n) is 6.57. The molecule has 0 saturated carbocycles. The Hall–Kier alpha value is -2.21. The van der Waals surface area contributed by atoms with Gasteiger partial charge in [-0.15, -0.1) is 0 Å². The van der Waals surface area contributed by atoms with E-state index >= 15 is 0 Å². The largest absolute Gasteiger partial charge is 0.454 e. The summed E-state index contributed by atoms with van der Waals surface area (Å²) in [5.41, 5.74) is 0.465. The van der Waals surface area contributed by atoms with Crippen molar-refractivity contribution in [3.05, 3.63) is 41.4 Å². The number of aryl methyl sites for hydroxylation is 1. The number of imidazole rings is 1. The maximum atomic E-state index is 12.1. The topological polar surface area (TPSA) is 65.4 Å². The van der Waals surface area contributed by atoms with E-state index in [9.17, 15) is 4.79 Å². The molecule has 1 aliphatic heterocycles. The molecule has 1 aromatic carbocycles. The Morgan fingerprint density at radius 1 is 1.43 bits per heavy atom. The van der Waals surface area contributed by atoms with Crippen LogP contribution in [0.5, 0.6) is 11.5 Å². The lowest BCUT2D eigenvalue weighted by Crippen LogP contribution is -2.25. The number of carbonyl (C=O) groups excluding carboxylic acids is 1. The minimum absolute atomic E-state index is 0.130. The van der Waals surface area contributed by atoms with Crippen molar-refractivity contribution < 1.29 is 14.3 Å². The molecule has 3 rings (SSSR count). The third kappa shape index (κ3) is 3.11. The number of nitrogens with one attached hydrogen (secondary N) is 1. The maximum Gasteiger partial charge on any atom is 0.251 e. The molecule has 2 heterocycles. The molecular formula is C14H14ClN3O3. The van der Waals surface area contributed by atoms with E-state index in [0.29, 0.717) is 28.6 Å². The average Bonchev–Trinajstić information content (AvgIpc) is 3.14. The van der Waals surface area contributed by atoms with Gasteiger partial charge in [0.2, 0.25) is 6.79 Å². The van der Waals surface area contributed by atoms with E-state index < -0.39 is 0 Å². The fraction of sp³-hybridized carbons (Fsp3) is 0.286. The van der Waals surface area contributed by atoms with Crippen molar-refractivity contribution in [3.8, 4) is 11.5 Å². The number of nitrogens with zero attached hydrogens (tertiary/aromatic N) is 2. The van der Waals surface area contributed by atoms with E-state index in [1.54, 1.807) is 24.7 Å². The van der Waals surface area contributed by atoms with Crippen LogP contribution in [0.1, 0.15) is 16.8 Å². The van der Waals surface area contributed by atoms with E-state index in [0.717, 1.165) is 13.0 Å². The van der Waals surface area contributed by atoms with Crippen molar-refractivity contribution in [3.63, 3.8) is 0 Å². The predicted molar refractivity (Wildman–Crippen MR) is 76.8 cm³/mol. The standard InChI is InChI=1S/C14H14ClN3O3/c15-11-6-10(7-12-13(11)21-9-20-12)14(19)17-2-1-4-18-5-3-16-8-18/h3,5-8H,1-2,4,9H2,(H,17,19). The van der Waals surface area contributed by atoms with Crippen LogP contribution in [-0.2, 0) is 6.54 Å². The fourth-order valence-electron chi connectivity index (χ4n) is 2.08. The molecule has 110 valence electrons. The Bertz CT molecular complexity index is 643. The molecule has 0 aliphatic carbocycles. The summed E-state index contributed by atoms with van der Waals surface area (Å²) in [6, 6.07) is 3.22. The van der Waals surface area contributed by atoms with Crippen molar-refractivity contribution in [1.29, 1.82) is 0 Å². The first-order valence-corrected chi connectivity index (χ1v) is 6.95. The molecule has 0 radical (unpaired) electrons. The normalized spacial score (nSPS) is 12.4. The lowest BCUT2D eigenvalue weighted by Gasteiger charge is -2.07. The van der Waals surface area contributed by atoms with Crippen LogP contribution < -0.4 is 14.8 Å². The Labute approximate surface area is 126 Å². The van der Waals surface area contributed by atoms with Crippen LogP contribution in [0.2, 0.25) is 5.02 Å². The van der Waals surface area contributed by atoms with Gasteiger partial charge in [-0.2, -0.15) is 0 Å². The van der Waals surface area contributed by atoms with E-state index in [2.05, 4.69) is 10.3 Å². The number of rotatable bonds is 5. The van der Waals surface area contributed by atoms with Crippen LogP contribution >= 0.6 is 11.6 Å². The summed E-state index contributed by atoms with van der Waals surface area (Å²) in [7, 11) is 0. The Morgan fingerprint density at radius 3 is 3.14 bits per heavy atom. The highest BCUT2D eigenvalue weighted by Gasteiger charge is 2.20. The van der Waals surface area contributed by atoms with Gasteiger partial charge in [0.05, 0.1) is 11.3 Å². The lowest BCUT2D eigenvalue weighted by molar-refractivity contribution is 0.0952. The predicted octanol–water partition coefficient (Wildman–Crippen LogP) is 2.09. The van der Waals surface area contributed by atoms with Crippen molar-refractivity contribution in [2.45, 2.75) is 13.0 Å². The van der Waals surface area contributed by atoms with Gasteiger partial charge in [0.25, 0.3) is 5.91 Å². The van der Waals surface area contributed by atoms with Crippen LogP contribution in [-0.4, -0.2) is 28.8 Å². The number of ether oxygens (including phenoxy) is 2. The highest BCUT2D eigenvalue weighted by molar-refractivity contribution is 6.32. The monoisotopic (exact) mass is 307 g/mol. The lowest BCUT2D eigenvalue weighted by atomic mass is 10.2. The number of aromatic nitrogens is 2. The van der Waals surface area contributed by atoms with E-state index in [4.69, 9.17) is 21.1 Å². The number of hydrogen-bond donors (Lipinski definition) is 1. The molecule has 0 saturated heterocycles. The summed E-state index contributed by atoms with van der Waals surface area (Å²) < 4.78 is 12.4. The Kier molecular flexibility index (Phi) is 3.96. The fourth-order valence-corrected chi connectivity index (χ4v) is 2.35. The van der Waals surface area contributed by atoms with Gasteiger partial charge in [-0.05, 0) is 18.6 Å². The summed E-state index contributed by atoms with van der Waals surface area (Å²) in [6.45, 7) is 1.51. The SMILES string of the molecule is O=C(NCCCn1ccnc1)c1cc(Cl)c2c(c1)OCO2. The number of hydrogen-bond acceptors (Lipinski definition) is 4. The molecule has 7 heteroatoms. The second-order valence-electron chi connectivity index (χ2n) is 4.60. The van der Waals surface area contributed by atoms with E-state index in [1.807, 2.05) is 10.8 Å². The highest BCUT2D eigenvalue weighted by atomic mass is 35.5. The summed E-state index contributed by atoms with van der Waals surface area (Å²) in [5.74, 6) is 0.820. The summed E-state index contributed by atoms with van der Waals surface area (Å²) in [4.78, 5) is 16.0. The summed E-state index contributed by atoms with van der Waals surface area (Å²) in [5, 5.41) is 3.24. The molecule has 21 heavy (non-hydrogen) atoms. The third-order valence-electron chi connectivity index (χ3n) is 3.13. The molecule has 1 N–H and O–H groups in total. The van der Waals surface area contributed by atoms with Gasteiger partial charge in [0, 0.05) is 31.0 Å². The van der Waals surface area contributed by atoms with E-state index in [1.165, 1.54) is 0 Å². The van der Waals surface area contributed by atoms with Gasteiger partial charge in [-0.3, -0.25) is 4.79 Å². The number of amides is 1. The van der Waals surface area contributed by atoms with Crippen molar-refractivity contribution in [2.24, 2.45) is 0 Å².